The highest BCUT2D eigenvalue weighted by atomic mass is 16.5. The van der Waals surface area contributed by atoms with Crippen LogP contribution in [0.4, 0.5) is 0 Å². The van der Waals surface area contributed by atoms with E-state index in [9.17, 15) is 9.59 Å². The molecule has 0 bridgehead atoms. The van der Waals surface area contributed by atoms with E-state index in [1.807, 2.05) is 6.92 Å². The summed E-state index contributed by atoms with van der Waals surface area (Å²) < 4.78 is 4.67. The molecule has 0 fully saturated rings. The molecule has 0 saturated heterocycles. The van der Waals surface area contributed by atoms with Crippen molar-refractivity contribution in [1.82, 2.24) is 0 Å². The molecule has 0 spiro atoms. The van der Waals surface area contributed by atoms with Gasteiger partial charge in [0.15, 0.2) is 0 Å². The van der Waals surface area contributed by atoms with Gasteiger partial charge in [0.2, 0.25) is 6.08 Å². The van der Waals surface area contributed by atoms with E-state index in [0.29, 0.717) is 6.42 Å². The largest absolute Gasteiger partial charge is 0.460 e. The van der Waals surface area contributed by atoms with Crippen molar-refractivity contribution in [3.63, 3.8) is 0 Å². The van der Waals surface area contributed by atoms with Crippen molar-refractivity contribution in [3.8, 4) is 0 Å². The summed E-state index contributed by atoms with van der Waals surface area (Å²) in [6.07, 6.45) is 3.12. The van der Waals surface area contributed by atoms with E-state index >= 15 is 0 Å². The molecule has 4 heteroatoms. The first-order chi connectivity index (χ1) is 5.74. The molecule has 0 saturated carbocycles. The third-order valence-corrected chi connectivity index (χ3v) is 1.29. The van der Waals surface area contributed by atoms with E-state index in [2.05, 4.69) is 16.3 Å². The zero-order chi connectivity index (χ0) is 9.40. The first kappa shape index (κ1) is 10.6. The number of nitrogens with zero attached hydrogens (tertiary/aromatic N) is 1. The number of ether oxygens (including phenoxy) is 1. The van der Waals surface area contributed by atoms with Gasteiger partial charge in [-0.05, 0) is 6.42 Å². The summed E-state index contributed by atoms with van der Waals surface area (Å²) in [4.78, 5) is 23.8. The minimum atomic E-state index is -0.505. The first-order valence-electron chi connectivity index (χ1n) is 3.60. The predicted molar refractivity (Wildman–Crippen MR) is 43.4 cm³/mol. The molecule has 1 unspecified atom stereocenters. The van der Waals surface area contributed by atoms with Crippen LogP contribution < -0.4 is 0 Å². The zero-order valence-corrected chi connectivity index (χ0v) is 6.95. The molecule has 66 valence electrons. The molecule has 12 heavy (non-hydrogen) atoms. The van der Waals surface area contributed by atoms with Gasteiger partial charge in [-0.15, -0.1) is 0 Å². The molecule has 0 heterocycles. The quantitative estimate of drug-likeness (QED) is 0.265. The van der Waals surface area contributed by atoms with Crippen molar-refractivity contribution in [1.29, 1.82) is 0 Å². The van der Waals surface area contributed by atoms with E-state index < -0.39 is 5.97 Å². The normalized spacial score (nSPS) is 11.1. The molecule has 0 aliphatic rings. The SMILES string of the molecule is C=CC(=O)OCC(CC)N=C=O. The highest BCUT2D eigenvalue weighted by Crippen LogP contribution is 1.97. The first-order valence-corrected chi connectivity index (χ1v) is 3.60. The second-order valence-corrected chi connectivity index (χ2v) is 2.12. The fourth-order valence-corrected chi connectivity index (χ4v) is 0.558. The van der Waals surface area contributed by atoms with Crippen LogP contribution in [-0.4, -0.2) is 24.7 Å². The van der Waals surface area contributed by atoms with Crippen LogP contribution in [0.5, 0.6) is 0 Å². The number of hydrogen-bond donors (Lipinski definition) is 0. The van der Waals surface area contributed by atoms with Crippen molar-refractivity contribution in [2.24, 2.45) is 4.99 Å². The highest BCUT2D eigenvalue weighted by Gasteiger charge is 2.05. The number of rotatable bonds is 5. The Morgan fingerprint density at radius 2 is 2.50 bits per heavy atom. The fraction of sp³-hybridized carbons (Fsp3) is 0.500. The minimum Gasteiger partial charge on any atom is -0.460 e. The molecule has 0 radical (unpaired) electrons. The maximum absolute atomic E-state index is 10.6. The molecule has 0 rings (SSSR count). The smallest absolute Gasteiger partial charge is 0.330 e. The minimum absolute atomic E-state index is 0.108. The lowest BCUT2D eigenvalue weighted by Gasteiger charge is -2.06. The van der Waals surface area contributed by atoms with Gasteiger partial charge in [-0.3, -0.25) is 0 Å². The lowest BCUT2D eigenvalue weighted by molar-refractivity contribution is -0.138. The molecule has 0 aromatic rings. The van der Waals surface area contributed by atoms with Crippen LogP contribution in [0.2, 0.25) is 0 Å². The molecular weight excluding hydrogens is 158 g/mol. The number of hydrogen-bond acceptors (Lipinski definition) is 4. The average molecular weight is 169 g/mol. The molecule has 0 aromatic heterocycles. The number of carbonyl (C=O) groups is 1. The fourth-order valence-electron chi connectivity index (χ4n) is 0.558. The van der Waals surface area contributed by atoms with Crippen LogP contribution in [0, 0.1) is 0 Å². The van der Waals surface area contributed by atoms with Crippen molar-refractivity contribution in [2.45, 2.75) is 19.4 Å². The molecule has 0 N–H and O–H groups in total. The van der Waals surface area contributed by atoms with Crippen LogP contribution in [-0.2, 0) is 14.3 Å². The number of esters is 1. The summed E-state index contributed by atoms with van der Waals surface area (Å²) in [7, 11) is 0. The van der Waals surface area contributed by atoms with Crippen LogP contribution in [0.1, 0.15) is 13.3 Å². The van der Waals surface area contributed by atoms with Gasteiger partial charge in [-0.2, -0.15) is 4.99 Å². The summed E-state index contributed by atoms with van der Waals surface area (Å²) in [6, 6.07) is -0.286. The Labute approximate surface area is 70.9 Å². The predicted octanol–water partition coefficient (Wildman–Crippen LogP) is 0.830. The van der Waals surface area contributed by atoms with Crippen LogP contribution in [0.15, 0.2) is 17.6 Å². The molecule has 0 aliphatic heterocycles. The number of aliphatic imine (C=N–C) groups is 1. The second kappa shape index (κ2) is 6.31. The van der Waals surface area contributed by atoms with Crippen LogP contribution in [0.3, 0.4) is 0 Å². The highest BCUT2D eigenvalue weighted by molar-refractivity contribution is 5.81. The third-order valence-electron chi connectivity index (χ3n) is 1.29. The van der Waals surface area contributed by atoms with Gasteiger partial charge < -0.3 is 4.74 Å². The van der Waals surface area contributed by atoms with E-state index in [-0.39, 0.29) is 12.6 Å². The molecular formula is C8H11NO3. The van der Waals surface area contributed by atoms with Crippen molar-refractivity contribution < 1.29 is 14.3 Å². The molecule has 4 nitrogen and oxygen atoms in total. The Morgan fingerprint density at radius 3 is 2.92 bits per heavy atom. The lowest BCUT2D eigenvalue weighted by atomic mass is 10.2. The molecule has 0 aliphatic carbocycles. The molecule has 0 amide bonds. The standard InChI is InChI=1S/C8H11NO3/c1-3-7(9-6-10)5-12-8(11)4-2/h4,7H,2-3,5H2,1H3. The van der Waals surface area contributed by atoms with E-state index in [0.717, 1.165) is 6.08 Å². The zero-order valence-electron chi connectivity index (χ0n) is 6.95. The van der Waals surface area contributed by atoms with E-state index in [1.54, 1.807) is 0 Å². The maximum atomic E-state index is 10.6. The Bertz CT molecular complexity index is 206. The summed E-state index contributed by atoms with van der Waals surface area (Å²) in [5.74, 6) is -0.505. The summed E-state index contributed by atoms with van der Waals surface area (Å²) >= 11 is 0. The average Bonchev–Trinajstić information content (AvgIpc) is 2.11. The van der Waals surface area contributed by atoms with Crippen molar-refractivity contribution in [2.75, 3.05) is 6.61 Å². The van der Waals surface area contributed by atoms with Gasteiger partial charge in [0.25, 0.3) is 0 Å². The Hall–Kier alpha value is -1.41. The summed E-state index contributed by atoms with van der Waals surface area (Å²) in [6.45, 7) is 5.18. The summed E-state index contributed by atoms with van der Waals surface area (Å²) in [5.41, 5.74) is 0. The van der Waals surface area contributed by atoms with Crippen molar-refractivity contribution in [3.05, 3.63) is 12.7 Å². The maximum Gasteiger partial charge on any atom is 0.330 e. The summed E-state index contributed by atoms with van der Waals surface area (Å²) in [5, 5.41) is 0. The lowest BCUT2D eigenvalue weighted by Crippen LogP contribution is -2.14. The molecule has 0 aromatic carbocycles. The Kier molecular flexibility index (Phi) is 5.57. The molecule has 1 atom stereocenters. The number of isocyanates is 1. The van der Waals surface area contributed by atoms with Gasteiger partial charge in [0.1, 0.15) is 6.61 Å². The Morgan fingerprint density at radius 1 is 1.83 bits per heavy atom. The van der Waals surface area contributed by atoms with E-state index in [4.69, 9.17) is 0 Å². The van der Waals surface area contributed by atoms with Gasteiger partial charge in [0.05, 0.1) is 6.04 Å². The van der Waals surface area contributed by atoms with E-state index in [1.165, 1.54) is 6.08 Å². The van der Waals surface area contributed by atoms with Gasteiger partial charge in [0, 0.05) is 6.08 Å². The monoisotopic (exact) mass is 169 g/mol. The Balaban J connectivity index is 3.79. The topological polar surface area (TPSA) is 55.7 Å². The van der Waals surface area contributed by atoms with Gasteiger partial charge in [-0.25, -0.2) is 9.59 Å². The van der Waals surface area contributed by atoms with Gasteiger partial charge >= 0.3 is 5.97 Å². The van der Waals surface area contributed by atoms with Crippen molar-refractivity contribution >= 4 is 12.0 Å². The van der Waals surface area contributed by atoms with Crippen LogP contribution >= 0.6 is 0 Å². The third kappa shape index (κ3) is 4.41. The van der Waals surface area contributed by atoms with Crippen LogP contribution in [0.25, 0.3) is 0 Å². The van der Waals surface area contributed by atoms with Gasteiger partial charge in [-0.1, -0.05) is 13.5 Å². The second-order valence-electron chi connectivity index (χ2n) is 2.12. The number of carbonyl (C=O) groups excluding carboxylic acids is 2.